The first-order valence-electron chi connectivity index (χ1n) is 10.4. The van der Waals surface area contributed by atoms with Gasteiger partial charge in [0, 0.05) is 17.1 Å². The van der Waals surface area contributed by atoms with E-state index in [4.69, 9.17) is 15.8 Å². The average Bonchev–Trinajstić information content (AvgIpc) is 3.08. The van der Waals surface area contributed by atoms with E-state index in [-0.39, 0.29) is 17.2 Å². The van der Waals surface area contributed by atoms with Crippen LogP contribution < -0.4 is 4.18 Å². The van der Waals surface area contributed by atoms with Gasteiger partial charge in [-0.1, -0.05) is 31.0 Å². The van der Waals surface area contributed by atoms with E-state index in [1.165, 1.54) is 10.9 Å². The first-order chi connectivity index (χ1) is 14.5. The van der Waals surface area contributed by atoms with Gasteiger partial charge in [0.05, 0.1) is 11.4 Å². The standard InChI is InChI=1S/C23H31ClN2O4S/c1-8-12-26-23(30-31(28,29)15(5)9-2)19(13-25-26)22(27)18-10-11-20(24)21(17(18)7)16(6)14(3)4/h10-11,13,15H,8-9,12H2,1-7H3. The summed E-state index contributed by atoms with van der Waals surface area (Å²) >= 11 is 6.44. The summed E-state index contributed by atoms with van der Waals surface area (Å²) in [6, 6.07) is 3.35. The third-order valence-electron chi connectivity index (χ3n) is 5.52. The molecule has 0 spiro atoms. The summed E-state index contributed by atoms with van der Waals surface area (Å²) in [5.74, 6) is -0.393. The molecule has 0 aliphatic carbocycles. The smallest absolute Gasteiger partial charge is 0.313 e. The first-order valence-corrected chi connectivity index (χ1v) is 12.3. The Morgan fingerprint density at radius 3 is 2.39 bits per heavy atom. The SMILES string of the molecule is CCCn1ncc(C(=O)c2ccc(Cl)c(C(C)=C(C)C)c2C)c1OS(=O)(=O)C(C)CC. The molecule has 0 saturated carbocycles. The minimum atomic E-state index is -3.90. The Morgan fingerprint density at radius 1 is 1.19 bits per heavy atom. The lowest BCUT2D eigenvalue weighted by Gasteiger charge is -2.16. The Hall–Kier alpha value is -2.12. The largest absolute Gasteiger partial charge is 0.361 e. The molecule has 0 aliphatic heterocycles. The molecule has 0 saturated heterocycles. The predicted octanol–water partition coefficient (Wildman–Crippen LogP) is 5.81. The molecule has 0 aliphatic rings. The predicted molar refractivity (Wildman–Crippen MR) is 125 cm³/mol. The van der Waals surface area contributed by atoms with Crippen LogP contribution in [-0.2, 0) is 16.7 Å². The van der Waals surface area contributed by atoms with Crippen LogP contribution in [0.1, 0.15) is 81.4 Å². The van der Waals surface area contributed by atoms with Crippen LogP contribution >= 0.6 is 11.6 Å². The fraction of sp³-hybridized carbons (Fsp3) is 0.478. The summed E-state index contributed by atoms with van der Waals surface area (Å²) in [5.41, 5.74) is 4.18. The summed E-state index contributed by atoms with van der Waals surface area (Å²) in [6.07, 6.45) is 2.48. The van der Waals surface area contributed by atoms with Crippen LogP contribution in [0.25, 0.3) is 5.57 Å². The molecule has 2 rings (SSSR count). The van der Waals surface area contributed by atoms with Gasteiger partial charge in [-0.25, -0.2) is 4.68 Å². The van der Waals surface area contributed by atoms with Gasteiger partial charge in [-0.3, -0.25) is 4.79 Å². The van der Waals surface area contributed by atoms with Crippen molar-refractivity contribution in [3.05, 3.63) is 51.2 Å². The zero-order valence-electron chi connectivity index (χ0n) is 19.2. The summed E-state index contributed by atoms with van der Waals surface area (Å²) in [6.45, 7) is 13.5. The van der Waals surface area contributed by atoms with Crippen molar-refractivity contribution < 1.29 is 17.4 Å². The van der Waals surface area contributed by atoms with E-state index in [1.54, 1.807) is 26.0 Å². The maximum atomic E-state index is 13.5. The molecular weight excluding hydrogens is 436 g/mol. The highest BCUT2D eigenvalue weighted by Gasteiger charge is 2.29. The molecule has 1 aromatic heterocycles. The topological polar surface area (TPSA) is 78.3 Å². The number of hydrogen-bond acceptors (Lipinski definition) is 5. The summed E-state index contributed by atoms with van der Waals surface area (Å²) in [5, 5.41) is 4.08. The second-order valence-corrected chi connectivity index (χ2v) is 10.3. The molecule has 0 radical (unpaired) electrons. The molecular formula is C23H31ClN2O4S. The molecule has 1 aromatic carbocycles. The van der Waals surface area contributed by atoms with Gasteiger partial charge in [-0.2, -0.15) is 13.5 Å². The van der Waals surface area contributed by atoms with E-state index in [0.29, 0.717) is 30.0 Å². The van der Waals surface area contributed by atoms with Gasteiger partial charge in [-0.05, 0) is 76.3 Å². The fourth-order valence-corrected chi connectivity index (χ4v) is 4.48. The minimum absolute atomic E-state index is 0.0398. The Labute approximate surface area is 190 Å². The van der Waals surface area contributed by atoms with E-state index in [1.807, 2.05) is 34.6 Å². The third-order valence-corrected chi connectivity index (χ3v) is 7.54. The minimum Gasteiger partial charge on any atom is -0.361 e. The van der Waals surface area contributed by atoms with E-state index in [9.17, 15) is 13.2 Å². The molecule has 8 heteroatoms. The maximum Gasteiger partial charge on any atom is 0.313 e. The Bertz CT molecular complexity index is 1110. The number of rotatable bonds is 9. The summed E-state index contributed by atoms with van der Waals surface area (Å²) in [4.78, 5) is 13.5. The number of aromatic nitrogens is 2. The molecule has 6 nitrogen and oxygen atoms in total. The number of hydrogen-bond donors (Lipinski definition) is 0. The summed E-state index contributed by atoms with van der Waals surface area (Å²) in [7, 11) is -3.90. The number of benzene rings is 1. The maximum absolute atomic E-state index is 13.5. The van der Waals surface area contributed by atoms with Crippen molar-refractivity contribution >= 4 is 33.1 Å². The molecule has 170 valence electrons. The number of nitrogens with zero attached hydrogens (tertiary/aromatic N) is 2. The van der Waals surface area contributed by atoms with Crippen LogP contribution in [0.3, 0.4) is 0 Å². The van der Waals surface area contributed by atoms with E-state index < -0.39 is 15.4 Å². The quantitative estimate of drug-likeness (QED) is 0.344. The number of halogens is 1. The molecule has 2 aromatic rings. The molecule has 0 fully saturated rings. The van der Waals surface area contributed by atoms with Gasteiger partial charge in [0.2, 0.25) is 5.88 Å². The van der Waals surface area contributed by atoms with Gasteiger partial charge in [0.25, 0.3) is 0 Å². The van der Waals surface area contributed by atoms with Crippen molar-refractivity contribution in [3.8, 4) is 5.88 Å². The molecule has 1 heterocycles. The van der Waals surface area contributed by atoms with Crippen molar-refractivity contribution in [2.75, 3.05) is 0 Å². The van der Waals surface area contributed by atoms with Gasteiger partial charge >= 0.3 is 10.1 Å². The number of ketones is 1. The fourth-order valence-electron chi connectivity index (χ4n) is 3.17. The van der Waals surface area contributed by atoms with Crippen LogP contribution in [0.5, 0.6) is 5.88 Å². The number of carbonyl (C=O) groups excluding carboxylic acids is 1. The first kappa shape index (κ1) is 25.1. The molecule has 1 atom stereocenters. The average molecular weight is 467 g/mol. The number of allylic oxidation sites excluding steroid dienone is 2. The Morgan fingerprint density at radius 2 is 1.84 bits per heavy atom. The monoisotopic (exact) mass is 466 g/mol. The van der Waals surface area contributed by atoms with Crippen molar-refractivity contribution in [1.29, 1.82) is 0 Å². The van der Waals surface area contributed by atoms with Crippen LogP contribution in [0.15, 0.2) is 23.9 Å². The van der Waals surface area contributed by atoms with Gasteiger partial charge < -0.3 is 4.18 Å². The number of carbonyl (C=O) groups is 1. The van der Waals surface area contributed by atoms with Crippen LogP contribution in [-0.4, -0.2) is 29.2 Å². The second kappa shape index (κ2) is 10.0. The van der Waals surface area contributed by atoms with Crippen molar-refractivity contribution in [1.82, 2.24) is 9.78 Å². The van der Waals surface area contributed by atoms with Crippen molar-refractivity contribution in [2.24, 2.45) is 0 Å². The normalized spacial score (nSPS) is 12.5. The van der Waals surface area contributed by atoms with Gasteiger partial charge in [-0.15, -0.1) is 0 Å². The Kier molecular flexibility index (Phi) is 8.11. The van der Waals surface area contributed by atoms with Gasteiger partial charge in [0.1, 0.15) is 5.56 Å². The lowest BCUT2D eigenvalue weighted by Crippen LogP contribution is -2.24. The lowest BCUT2D eigenvalue weighted by atomic mass is 9.92. The molecule has 0 amide bonds. The van der Waals surface area contributed by atoms with Gasteiger partial charge in [0.15, 0.2) is 5.78 Å². The molecule has 0 N–H and O–H groups in total. The third kappa shape index (κ3) is 5.21. The number of aryl methyl sites for hydroxylation is 1. The Balaban J connectivity index is 2.64. The van der Waals surface area contributed by atoms with Crippen molar-refractivity contribution in [3.63, 3.8) is 0 Å². The van der Waals surface area contributed by atoms with Crippen LogP contribution in [0.2, 0.25) is 5.02 Å². The highest BCUT2D eigenvalue weighted by molar-refractivity contribution is 7.87. The van der Waals surface area contributed by atoms with E-state index >= 15 is 0 Å². The van der Waals surface area contributed by atoms with E-state index in [2.05, 4.69) is 5.10 Å². The van der Waals surface area contributed by atoms with Crippen molar-refractivity contribution in [2.45, 2.75) is 73.1 Å². The highest BCUT2D eigenvalue weighted by Crippen LogP contribution is 2.33. The molecule has 1 unspecified atom stereocenters. The highest BCUT2D eigenvalue weighted by atomic mass is 35.5. The van der Waals surface area contributed by atoms with Crippen LogP contribution in [0, 0.1) is 6.92 Å². The lowest BCUT2D eigenvalue weighted by molar-refractivity contribution is 0.103. The summed E-state index contributed by atoms with van der Waals surface area (Å²) < 4.78 is 32.1. The molecule has 31 heavy (non-hydrogen) atoms. The second-order valence-electron chi connectivity index (χ2n) is 7.93. The van der Waals surface area contributed by atoms with E-state index in [0.717, 1.165) is 22.3 Å². The molecule has 0 bridgehead atoms. The zero-order valence-corrected chi connectivity index (χ0v) is 20.8. The van der Waals surface area contributed by atoms with Crippen LogP contribution in [0.4, 0.5) is 0 Å². The zero-order chi connectivity index (χ0) is 23.5.